The maximum Gasteiger partial charge on any atom is 0.142 e. The number of benzene rings is 1. The molecule has 0 saturated heterocycles. The monoisotopic (exact) mass is 324 g/mol. The maximum absolute atomic E-state index is 5.77. The Bertz CT molecular complexity index is 559. The average molecular weight is 325 g/mol. The van der Waals surface area contributed by atoms with Crippen LogP contribution in [0.4, 0.5) is 5.69 Å². The lowest BCUT2D eigenvalue weighted by molar-refractivity contribution is 0.414. The number of alkyl halides is 1. The summed E-state index contributed by atoms with van der Waals surface area (Å²) in [6.45, 7) is 1.01. The number of hydrogen-bond donors (Lipinski definition) is 0. The number of unbranched alkanes of at least 4 members (excludes halogenated alkanes) is 1. The third kappa shape index (κ3) is 4.61. The van der Waals surface area contributed by atoms with Crippen LogP contribution in [0, 0.1) is 0 Å². The molecule has 0 bridgehead atoms. The van der Waals surface area contributed by atoms with Gasteiger partial charge in [0.05, 0.1) is 29.4 Å². The number of methoxy groups -OCH3 is 1. The van der Waals surface area contributed by atoms with Gasteiger partial charge in [-0.3, -0.25) is 0 Å². The highest BCUT2D eigenvalue weighted by Gasteiger charge is 2.07. The SMILES string of the molecule is COc1ccccc1N(C)CCCCc1nc(CCl)cs1. The van der Waals surface area contributed by atoms with Gasteiger partial charge in [-0.25, -0.2) is 4.98 Å². The van der Waals surface area contributed by atoms with Crippen molar-refractivity contribution < 1.29 is 4.74 Å². The van der Waals surface area contributed by atoms with Crippen molar-refractivity contribution in [1.82, 2.24) is 4.98 Å². The Morgan fingerprint density at radius 3 is 2.81 bits per heavy atom. The van der Waals surface area contributed by atoms with Crippen LogP contribution < -0.4 is 9.64 Å². The van der Waals surface area contributed by atoms with Gasteiger partial charge in [-0.15, -0.1) is 22.9 Å². The van der Waals surface area contributed by atoms with Crippen molar-refractivity contribution in [3.05, 3.63) is 40.3 Å². The molecule has 0 amide bonds. The first kappa shape index (κ1) is 16.1. The minimum atomic E-state index is 0.507. The second-order valence-corrected chi connectivity index (χ2v) is 6.13. The van der Waals surface area contributed by atoms with Gasteiger partial charge in [0.25, 0.3) is 0 Å². The van der Waals surface area contributed by atoms with Gasteiger partial charge in [-0.05, 0) is 31.4 Å². The topological polar surface area (TPSA) is 25.4 Å². The summed E-state index contributed by atoms with van der Waals surface area (Å²) < 4.78 is 5.39. The first-order valence-corrected chi connectivity index (χ1v) is 8.49. The molecule has 3 nitrogen and oxygen atoms in total. The van der Waals surface area contributed by atoms with Crippen LogP contribution in [0.15, 0.2) is 29.6 Å². The van der Waals surface area contributed by atoms with Gasteiger partial charge in [-0.1, -0.05) is 12.1 Å². The van der Waals surface area contributed by atoms with E-state index in [1.54, 1.807) is 18.4 Å². The van der Waals surface area contributed by atoms with E-state index in [1.807, 2.05) is 23.6 Å². The molecule has 0 radical (unpaired) electrons. The van der Waals surface area contributed by atoms with E-state index in [1.165, 1.54) is 5.01 Å². The Labute approximate surface area is 135 Å². The van der Waals surface area contributed by atoms with Crippen LogP contribution in [0.25, 0.3) is 0 Å². The molecule has 0 aliphatic carbocycles. The Hall–Kier alpha value is -1.26. The molecular formula is C16H21ClN2OS. The molecule has 0 N–H and O–H groups in total. The molecule has 5 heteroatoms. The Morgan fingerprint density at radius 1 is 1.29 bits per heavy atom. The van der Waals surface area contributed by atoms with E-state index in [9.17, 15) is 0 Å². The normalized spacial score (nSPS) is 10.6. The summed E-state index contributed by atoms with van der Waals surface area (Å²) in [7, 11) is 3.82. The molecule has 0 spiro atoms. The van der Waals surface area contributed by atoms with E-state index in [-0.39, 0.29) is 0 Å². The lowest BCUT2D eigenvalue weighted by atomic mass is 10.2. The lowest BCUT2D eigenvalue weighted by Crippen LogP contribution is -2.19. The second kappa shape index (κ2) is 8.25. The Kier molecular flexibility index (Phi) is 6.33. The molecule has 1 aromatic carbocycles. The summed E-state index contributed by atoms with van der Waals surface area (Å²) in [4.78, 5) is 6.72. The molecular weight excluding hydrogens is 304 g/mol. The zero-order valence-electron chi connectivity index (χ0n) is 12.5. The number of aryl methyl sites for hydroxylation is 1. The third-order valence-electron chi connectivity index (χ3n) is 3.37. The molecule has 0 aliphatic rings. The van der Waals surface area contributed by atoms with Crippen LogP contribution >= 0.6 is 22.9 Å². The summed E-state index contributed by atoms with van der Waals surface area (Å²) in [5.74, 6) is 1.43. The number of thiazole rings is 1. The second-order valence-electron chi connectivity index (χ2n) is 4.92. The molecule has 2 rings (SSSR count). The Morgan fingerprint density at radius 2 is 2.10 bits per heavy atom. The number of hydrogen-bond acceptors (Lipinski definition) is 4. The molecule has 0 aliphatic heterocycles. The minimum Gasteiger partial charge on any atom is -0.495 e. The van der Waals surface area contributed by atoms with E-state index in [0.717, 1.165) is 42.9 Å². The van der Waals surface area contributed by atoms with E-state index in [4.69, 9.17) is 16.3 Å². The van der Waals surface area contributed by atoms with Crippen LogP contribution in [-0.2, 0) is 12.3 Å². The zero-order valence-corrected chi connectivity index (χ0v) is 14.1. The fourth-order valence-electron chi connectivity index (χ4n) is 2.22. The molecule has 0 saturated carbocycles. The number of nitrogens with zero attached hydrogens (tertiary/aromatic N) is 2. The standard InChI is InChI=1S/C16H21ClN2OS/c1-19(14-7-3-4-8-15(14)20-2)10-6-5-9-16-18-13(11-17)12-21-16/h3-4,7-8,12H,5-6,9-11H2,1-2H3. The van der Waals surface area contributed by atoms with Crippen molar-refractivity contribution in [2.24, 2.45) is 0 Å². The molecule has 0 unspecified atom stereocenters. The quantitative estimate of drug-likeness (QED) is 0.533. The Balaban J connectivity index is 1.77. The maximum atomic E-state index is 5.77. The van der Waals surface area contributed by atoms with E-state index >= 15 is 0 Å². The first-order valence-electron chi connectivity index (χ1n) is 7.08. The van der Waals surface area contributed by atoms with Crippen molar-refractivity contribution in [1.29, 1.82) is 0 Å². The van der Waals surface area contributed by atoms with Crippen LogP contribution in [0.1, 0.15) is 23.5 Å². The largest absolute Gasteiger partial charge is 0.495 e. The van der Waals surface area contributed by atoms with Crippen molar-refractivity contribution >= 4 is 28.6 Å². The number of rotatable bonds is 8. The minimum absolute atomic E-state index is 0.507. The number of anilines is 1. The van der Waals surface area contributed by atoms with E-state index < -0.39 is 0 Å². The highest BCUT2D eigenvalue weighted by Crippen LogP contribution is 2.26. The van der Waals surface area contributed by atoms with Gasteiger partial charge in [0.2, 0.25) is 0 Å². The highest BCUT2D eigenvalue weighted by atomic mass is 35.5. The first-order chi connectivity index (χ1) is 10.2. The lowest BCUT2D eigenvalue weighted by Gasteiger charge is -2.21. The molecule has 114 valence electrons. The fraction of sp³-hybridized carbons (Fsp3) is 0.438. The van der Waals surface area contributed by atoms with Crippen molar-refractivity contribution in [2.45, 2.75) is 25.1 Å². The van der Waals surface area contributed by atoms with Crippen molar-refractivity contribution in [3.63, 3.8) is 0 Å². The highest BCUT2D eigenvalue weighted by molar-refractivity contribution is 7.09. The van der Waals surface area contributed by atoms with Gasteiger partial charge in [-0.2, -0.15) is 0 Å². The fourth-order valence-corrected chi connectivity index (χ4v) is 3.28. The van der Waals surface area contributed by atoms with Crippen molar-refractivity contribution in [3.8, 4) is 5.75 Å². The zero-order chi connectivity index (χ0) is 15.1. The third-order valence-corrected chi connectivity index (χ3v) is 4.60. The van der Waals surface area contributed by atoms with Gasteiger partial charge in [0, 0.05) is 19.0 Å². The van der Waals surface area contributed by atoms with Gasteiger partial charge >= 0.3 is 0 Å². The smallest absolute Gasteiger partial charge is 0.142 e. The van der Waals surface area contributed by atoms with Crippen LogP contribution in [0.2, 0.25) is 0 Å². The average Bonchev–Trinajstić information content (AvgIpc) is 2.99. The molecule has 21 heavy (non-hydrogen) atoms. The van der Waals surface area contributed by atoms with E-state index in [0.29, 0.717) is 5.88 Å². The van der Waals surface area contributed by atoms with Crippen LogP contribution in [0.3, 0.4) is 0 Å². The molecule has 1 heterocycles. The predicted molar refractivity (Wildman–Crippen MR) is 90.9 cm³/mol. The molecule has 0 atom stereocenters. The summed E-state index contributed by atoms with van der Waals surface area (Å²) in [5, 5.41) is 3.23. The number of halogens is 1. The van der Waals surface area contributed by atoms with Gasteiger partial charge in [0.1, 0.15) is 5.75 Å². The number of ether oxygens (including phenoxy) is 1. The molecule has 2 aromatic rings. The predicted octanol–water partition coefficient (Wildman–Crippen LogP) is 4.35. The summed E-state index contributed by atoms with van der Waals surface area (Å²) in [6, 6.07) is 8.12. The number of para-hydroxylation sites is 2. The molecule has 0 fully saturated rings. The summed E-state index contributed by atoms with van der Waals surface area (Å²) in [6.07, 6.45) is 3.29. The van der Waals surface area contributed by atoms with E-state index in [2.05, 4.69) is 23.0 Å². The van der Waals surface area contributed by atoms with Crippen LogP contribution in [-0.4, -0.2) is 25.7 Å². The summed E-state index contributed by atoms with van der Waals surface area (Å²) in [5.41, 5.74) is 2.13. The summed E-state index contributed by atoms with van der Waals surface area (Å²) >= 11 is 7.47. The molecule has 1 aromatic heterocycles. The van der Waals surface area contributed by atoms with Crippen molar-refractivity contribution in [2.75, 3.05) is 25.6 Å². The number of aromatic nitrogens is 1. The van der Waals surface area contributed by atoms with Gasteiger partial charge in [0.15, 0.2) is 0 Å². The van der Waals surface area contributed by atoms with Gasteiger partial charge < -0.3 is 9.64 Å². The van der Waals surface area contributed by atoms with Crippen LogP contribution in [0.5, 0.6) is 5.75 Å².